The highest BCUT2D eigenvalue weighted by molar-refractivity contribution is 5.19. The summed E-state index contributed by atoms with van der Waals surface area (Å²) in [7, 11) is 1.72. The van der Waals surface area contributed by atoms with Gasteiger partial charge in [0, 0.05) is 7.11 Å². The molecule has 3 N–H and O–H groups in total. The summed E-state index contributed by atoms with van der Waals surface area (Å²) in [6.07, 6.45) is 0.998. The van der Waals surface area contributed by atoms with Crippen molar-refractivity contribution < 1.29 is 4.74 Å². The van der Waals surface area contributed by atoms with Crippen LogP contribution in [0.3, 0.4) is 0 Å². The van der Waals surface area contributed by atoms with Gasteiger partial charge in [0.05, 0.1) is 12.1 Å². The summed E-state index contributed by atoms with van der Waals surface area (Å²) in [5.74, 6) is 6.19. The summed E-state index contributed by atoms with van der Waals surface area (Å²) < 4.78 is 5.55. The van der Waals surface area contributed by atoms with E-state index in [-0.39, 0.29) is 12.1 Å². The number of hydrogen-bond acceptors (Lipinski definition) is 3. The molecular weight excluding hydrogens is 200 g/mol. The van der Waals surface area contributed by atoms with Gasteiger partial charge in [0.15, 0.2) is 0 Å². The van der Waals surface area contributed by atoms with Crippen LogP contribution in [0.15, 0.2) is 30.3 Å². The first-order valence-corrected chi connectivity index (χ1v) is 5.73. The minimum atomic E-state index is 0.00796. The number of hydrazine groups is 1. The van der Waals surface area contributed by atoms with Crippen LogP contribution in [-0.4, -0.2) is 13.2 Å². The van der Waals surface area contributed by atoms with E-state index in [1.807, 2.05) is 18.2 Å². The Kier molecular flexibility index (Phi) is 5.46. The normalized spacial score (nSPS) is 15.1. The zero-order chi connectivity index (χ0) is 12.0. The fraction of sp³-hybridized carbons (Fsp3) is 0.538. The average molecular weight is 222 g/mol. The largest absolute Gasteiger partial charge is 0.375 e. The van der Waals surface area contributed by atoms with Crippen molar-refractivity contribution in [1.82, 2.24) is 5.43 Å². The third-order valence-electron chi connectivity index (χ3n) is 2.69. The van der Waals surface area contributed by atoms with Crippen LogP contribution < -0.4 is 11.3 Å². The van der Waals surface area contributed by atoms with Gasteiger partial charge in [0.25, 0.3) is 0 Å². The molecule has 0 aliphatic carbocycles. The summed E-state index contributed by atoms with van der Waals surface area (Å²) in [5, 5.41) is 0. The monoisotopic (exact) mass is 222 g/mol. The molecule has 0 aromatic heterocycles. The van der Waals surface area contributed by atoms with Crippen molar-refractivity contribution in [3.8, 4) is 0 Å². The molecule has 16 heavy (non-hydrogen) atoms. The average Bonchev–Trinajstić information content (AvgIpc) is 2.29. The van der Waals surface area contributed by atoms with Crippen molar-refractivity contribution in [2.75, 3.05) is 7.11 Å². The number of hydrogen-bond donors (Lipinski definition) is 2. The molecule has 0 bridgehead atoms. The maximum Gasteiger partial charge on any atom is 0.0987 e. The van der Waals surface area contributed by atoms with Gasteiger partial charge in [-0.3, -0.25) is 11.3 Å². The number of methoxy groups -OCH3 is 1. The molecular formula is C13H22N2O. The van der Waals surface area contributed by atoms with Crippen LogP contribution in [0.4, 0.5) is 0 Å². The molecule has 0 radical (unpaired) electrons. The predicted octanol–water partition coefficient (Wildman–Crippen LogP) is 2.25. The van der Waals surface area contributed by atoms with E-state index in [0.717, 1.165) is 12.0 Å². The van der Waals surface area contributed by atoms with Crippen molar-refractivity contribution in [2.24, 2.45) is 11.8 Å². The first-order chi connectivity index (χ1) is 7.69. The van der Waals surface area contributed by atoms with Crippen molar-refractivity contribution >= 4 is 0 Å². The fourth-order valence-corrected chi connectivity index (χ4v) is 1.96. The van der Waals surface area contributed by atoms with Gasteiger partial charge in [-0.1, -0.05) is 44.2 Å². The van der Waals surface area contributed by atoms with Gasteiger partial charge in [-0.25, -0.2) is 0 Å². The molecule has 0 aliphatic rings. The molecule has 2 unspecified atom stereocenters. The lowest BCUT2D eigenvalue weighted by Gasteiger charge is -2.27. The topological polar surface area (TPSA) is 47.3 Å². The Balaban J connectivity index is 2.79. The molecule has 0 saturated heterocycles. The zero-order valence-electron chi connectivity index (χ0n) is 10.3. The van der Waals surface area contributed by atoms with E-state index in [4.69, 9.17) is 10.6 Å². The van der Waals surface area contributed by atoms with Crippen molar-refractivity contribution in [2.45, 2.75) is 32.4 Å². The Morgan fingerprint density at radius 3 is 2.31 bits per heavy atom. The fourth-order valence-electron chi connectivity index (χ4n) is 1.96. The summed E-state index contributed by atoms with van der Waals surface area (Å²) in [5.41, 5.74) is 4.02. The molecule has 0 spiro atoms. The summed E-state index contributed by atoms with van der Waals surface area (Å²) in [6.45, 7) is 4.37. The van der Waals surface area contributed by atoms with Gasteiger partial charge >= 0.3 is 0 Å². The first-order valence-electron chi connectivity index (χ1n) is 5.73. The number of nitrogens with one attached hydrogen (secondary N) is 1. The van der Waals surface area contributed by atoms with Crippen molar-refractivity contribution in [1.29, 1.82) is 0 Å². The minimum Gasteiger partial charge on any atom is -0.375 e. The Hall–Kier alpha value is -0.900. The van der Waals surface area contributed by atoms with Crippen LogP contribution in [-0.2, 0) is 4.74 Å². The lowest BCUT2D eigenvalue weighted by atomic mass is 9.95. The molecule has 2 atom stereocenters. The molecule has 0 saturated carbocycles. The van der Waals surface area contributed by atoms with E-state index in [0.29, 0.717) is 5.92 Å². The van der Waals surface area contributed by atoms with Crippen LogP contribution in [0.5, 0.6) is 0 Å². The van der Waals surface area contributed by atoms with Crippen LogP contribution in [0.1, 0.15) is 31.9 Å². The number of rotatable bonds is 6. The van der Waals surface area contributed by atoms with Crippen LogP contribution in [0, 0.1) is 5.92 Å². The van der Waals surface area contributed by atoms with E-state index in [1.165, 1.54) is 0 Å². The third kappa shape index (κ3) is 3.59. The smallest absolute Gasteiger partial charge is 0.0987 e. The second kappa shape index (κ2) is 6.63. The quantitative estimate of drug-likeness (QED) is 0.573. The minimum absolute atomic E-state index is 0.00796. The van der Waals surface area contributed by atoms with Gasteiger partial charge in [-0.2, -0.15) is 0 Å². The maximum absolute atomic E-state index is 5.60. The second-order valence-electron chi connectivity index (χ2n) is 4.47. The highest BCUT2D eigenvalue weighted by Crippen LogP contribution is 2.24. The van der Waals surface area contributed by atoms with Crippen LogP contribution >= 0.6 is 0 Å². The summed E-state index contributed by atoms with van der Waals surface area (Å²) in [4.78, 5) is 0. The molecule has 0 fully saturated rings. The number of ether oxygens (including phenoxy) is 1. The predicted molar refractivity (Wildman–Crippen MR) is 66.8 cm³/mol. The lowest BCUT2D eigenvalue weighted by Crippen LogP contribution is -2.41. The third-order valence-corrected chi connectivity index (χ3v) is 2.69. The molecule has 0 aliphatic heterocycles. The molecule has 90 valence electrons. The zero-order valence-corrected chi connectivity index (χ0v) is 10.3. The van der Waals surface area contributed by atoms with Gasteiger partial charge in [0.2, 0.25) is 0 Å². The number of benzene rings is 1. The van der Waals surface area contributed by atoms with E-state index in [2.05, 4.69) is 31.4 Å². The molecule has 3 nitrogen and oxygen atoms in total. The Morgan fingerprint density at radius 2 is 1.88 bits per heavy atom. The van der Waals surface area contributed by atoms with Crippen LogP contribution in [0.2, 0.25) is 0 Å². The summed E-state index contributed by atoms with van der Waals surface area (Å²) >= 11 is 0. The lowest BCUT2D eigenvalue weighted by molar-refractivity contribution is 0.0606. The maximum atomic E-state index is 5.60. The molecule has 1 aromatic rings. The first kappa shape index (κ1) is 13.2. The van der Waals surface area contributed by atoms with E-state index in [1.54, 1.807) is 7.11 Å². The molecule has 0 heterocycles. The van der Waals surface area contributed by atoms with Gasteiger partial charge < -0.3 is 4.74 Å². The second-order valence-corrected chi connectivity index (χ2v) is 4.47. The van der Waals surface area contributed by atoms with E-state index < -0.39 is 0 Å². The highest BCUT2D eigenvalue weighted by atomic mass is 16.5. The molecule has 1 rings (SSSR count). The molecule has 3 heteroatoms. The van der Waals surface area contributed by atoms with Gasteiger partial charge in [-0.05, 0) is 17.9 Å². The van der Waals surface area contributed by atoms with E-state index >= 15 is 0 Å². The van der Waals surface area contributed by atoms with E-state index in [9.17, 15) is 0 Å². The Morgan fingerprint density at radius 1 is 1.25 bits per heavy atom. The SMILES string of the molecule is COC(c1ccccc1)C(CC(C)C)NN. The van der Waals surface area contributed by atoms with Crippen LogP contribution in [0.25, 0.3) is 0 Å². The molecule has 0 amide bonds. The highest BCUT2D eigenvalue weighted by Gasteiger charge is 2.22. The van der Waals surface area contributed by atoms with Crippen molar-refractivity contribution in [3.63, 3.8) is 0 Å². The Bertz CT molecular complexity index is 287. The molecule has 1 aromatic carbocycles. The standard InChI is InChI=1S/C13H22N2O/c1-10(2)9-12(15-14)13(16-3)11-7-5-4-6-8-11/h4-8,10,12-13,15H,9,14H2,1-3H3. The van der Waals surface area contributed by atoms with Gasteiger partial charge in [-0.15, -0.1) is 0 Å². The Labute approximate surface area is 98.0 Å². The van der Waals surface area contributed by atoms with Crippen molar-refractivity contribution in [3.05, 3.63) is 35.9 Å². The van der Waals surface area contributed by atoms with Gasteiger partial charge in [0.1, 0.15) is 0 Å². The summed E-state index contributed by atoms with van der Waals surface area (Å²) in [6, 6.07) is 10.3. The number of nitrogens with two attached hydrogens (primary N) is 1.